The fraction of sp³-hybridized carbons (Fsp3) is 0.593. The van der Waals surface area contributed by atoms with E-state index >= 15 is 0 Å². The first-order chi connectivity index (χ1) is 16.2. The smallest absolute Gasteiger partial charge is 0.223 e. The Morgan fingerprint density at radius 3 is 2.52 bits per heavy atom. The highest BCUT2D eigenvalue weighted by atomic mass is 16.5. The van der Waals surface area contributed by atoms with E-state index in [-0.39, 0.29) is 12.0 Å². The van der Waals surface area contributed by atoms with Crippen LogP contribution >= 0.6 is 0 Å². The van der Waals surface area contributed by atoms with Crippen molar-refractivity contribution in [2.75, 3.05) is 32.8 Å². The summed E-state index contributed by atoms with van der Waals surface area (Å²) in [5, 5.41) is 0. The van der Waals surface area contributed by atoms with Gasteiger partial charge in [-0.05, 0) is 75.1 Å². The van der Waals surface area contributed by atoms with E-state index in [0.717, 1.165) is 51.3 Å². The molecule has 0 bridgehead atoms. The molecule has 6 heteroatoms. The molecule has 0 radical (unpaired) electrons. The summed E-state index contributed by atoms with van der Waals surface area (Å²) in [5.74, 6) is 0.803. The van der Waals surface area contributed by atoms with Crippen LogP contribution in [0, 0.1) is 5.92 Å². The van der Waals surface area contributed by atoms with Crippen molar-refractivity contribution < 1.29 is 9.53 Å². The number of hydrogen-bond donors (Lipinski definition) is 0. The molecule has 2 aliphatic heterocycles. The van der Waals surface area contributed by atoms with Gasteiger partial charge in [0.05, 0.1) is 11.8 Å². The molecule has 176 valence electrons. The van der Waals surface area contributed by atoms with Gasteiger partial charge in [-0.3, -0.25) is 19.7 Å². The molecule has 33 heavy (non-hydrogen) atoms. The molecule has 0 saturated carbocycles. The number of carbonyl (C=O) groups excluding carboxylic acids is 1. The van der Waals surface area contributed by atoms with Crippen LogP contribution < -0.4 is 0 Å². The molecule has 1 aromatic heterocycles. The number of ether oxygens (including phenoxy) is 1. The number of likely N-dealkylation sites (tertiary alicyclic amines) is 1. The van der Waals surface area contributed by atoms with Crippen molar-refractivity contribution in [3.05, 3.63) is 59.7 Å². The molecule has 2 saturated heterocycles. The van der Waals surface area contributed by atoms with Gasteiger partial charge in [-0.2, -0.15) is 0 Å². The van der Waals surface area contributed by atoms with Gasteiger partial charge in [0.1, 0.15) is 0 Å². The number of aromatic nitrogens is 2. The Balaban J connectivity index is 1.14. The molecule has 6 nitrogen and oxygen atoms in total. The zero-order chi connectivity index (χ0) is 22.5. The Hall–Kier alpha value is -2.31. The summed E-state index contributed by atoms with van der Waals surface area (Å²) < 4.78 is 5.88. The molecule has 1 atom stereocenters. The van der Waals surface area contributed by atoms with Crippen molar-refractivity contribution in [2.24, 2.45) is 5.92 Å². The van der Waals surface area contributed by atoms with Gasteiger partial charge in [-0.1, -0.05) is 24.3 Å². The second-order valence-corrected chi connectivity index (χ2v) is 9.94. The average Bonchev–Trinajstić information content (AvgIpc) is 3.53. The van der Waals surface area contributed by atoms with Crippen LogP contribution in [0.15, 0.2) is 42.9 Å². The maximum absolute atomic E-state index is 13.2. The van der Waals surface area contributed by atoms with Crippen LogP contribution in [-0.2, 0) is 28.8 Å². The third kappa shape index (κ3) is 5.79. The summed E-state index contributed by atoms with van der Waals surface area (Å²) in [7, 11) is 0. The van der Waals surface area contributed by atoms with E-state index in [1.54, 1.807) is 18.6 Å². The normalized spacial score (nSPS) is 21.9. The number of amides is 1. The molecule has 5 rings (SSSR count). The molecule has 0 N–H and O–H groups in total. The SMILES string of the molecule is O=C(CCc1cnccn1)N(CC1CCN(C2Cc3ccccc3C2)CC1)C[C@H]1CCCO1. The van der Waals surface area contributed by atoms with Gasteiger partial charge < -0.3 is 9.64 Å². The summed E-state index contributed by atoms with van der Waals surface area (Å²) in [4.78, 5) is 26.4. The number of benzene rings is 1. The second-order valence-electron chi connectivity index (χ2n) is 9.94. The Labute approximate surface area is 197 Å². The average molecular weight is 449 g/mol. The predicted octanol–water partition coefficient (Wildman–Crippen LogP) is 3.30. The second kappa shape index (κ2) is 10.7. The molecule has 3 aliphatic rings. The summed E-state index contributed by atoms with van der Waals surface area (Å²) in [6, 6.07) is 9.56. The molecule has 1 aromatic carbocycles. The van der Waals surface area contributed by atoms with Gasteiger partial charge in [0.2, 0.25) is 5.91 Å². The number of carbonyl (C=O) groups is 1. The topological polar surface area (TPSA) is 58.6 Å². The van der Waals surface area contributed by atoms with Crippen LogP contribution in [0.5, 0.6) is 0 Å². The van der Waals surface area contributed by atoms with Gasteiger partial charge in [0, 0.05) is 50.7 Å². The number of piperidine rings is 1. The van der Waals surface area contributed by atoms with Crippen molar-refractivity contribution in [3.8, 4) is 0 Å². The fourth-order valence-electron chi connectivity index (χ4n) is 5.77. The number of hydrogen-bond acceptors (Lipinski definition) is 5. The Morgan fingerprint density at radius 1 is 1.06 bits per heavy atom. The molecule has 1 amide bonds. The third-order valence-electron chi connectivity index (χ3n) is 7.69. The lowest BCUT2D eigenvalue weighted by molar-refractivity contribution is -0.133. The van der Waals surface area contributed by atoms with E-state index in [1.807, 2.05) is 0 Å². The number of fused-ring (bicyclic) bond motifs is 1. The first-order valence-electron chi connectivity index (χ1n) is 12.7. The van der Waals surface area contributed by atoms with Crippen molar-refractivity contribution in [3.63, 3.8) is 0 Å². The lowest BCUT2D eigenvalue weighted by atomic mass is 9.94. The van der Waals surface area contributed by atoms with E-state index < -0.39 is 0 Å². The quantitative estimate of drug-likeness (QED) is 0.620. The van der Waals surface area contributed by atoms with E-state index in [9.17, 15) is 4.79 Å². The standard InChI is InChI=1S/C27H36N4O2/c32-27(8-7-24-18-28-11-12-29-24)31(20-26-6-3-15-33-26)19-21-9-13-30(14-10-21)25-16-22-4-1-2-5-23(22)17-25/h1-2,4-5,11-12,18,21,25-26H,3,6-10,13-17,19-20H2/t26-/m1/s1. The molecule has 0 unspecified atom stereocenters. The Bertz CT molecular complexity index is 882. The maximum atomic E-state index is 13.2. The van der Waals surface area contributed by atoms with Gasteiger partial charge in [0.25, 0.3) is 0 Å². The molecule has 2 aromatic rings. The fourth-order valence-corrected chi connectivity index (χ4v) is 5.77. The van der Waals surface area contributed by atoms with Crippen LogP contribution in [0.4, 0.5) is 0 Å². The highest BCUT2D eigenvalue weighted by Crippen LogP contribution is 2.29. The van der Waals surface area contributed by atoms with Gasteiger partial charge in [-0.25, -0.2) is 0 Å². The van der Waals surface area contributed by atoms with Crippen LogP contribution in [0.2, 0.25) is 0 Å². The van der Waals surface area contributed by atoms with E-state index in [4.69, 9.17) is 4.74 Å². The monoisotopic (exact) mass is 448 g/mol. The van der Waals surface area contributed by atoms with Gasteiger partial charge in [0.15, 0.2) is 0 Å². The maximum Gasteiger partial charge on any atom is 0.223 e. The number of nitrogens with zero attached hydrogens (tertiary/aromatic N) is 4. The molecule has 3 heterocycles. The van der Waals surface area contributed by atoms with Crippen molar-refractivity contribution in [2.45, 2.75) is 63.5 Å². The van der Waals surface area contributed by atoms with E-state index in [1.165, 1.54) is 36.8 Å². The lowest BCUT2D eigenvalue weighted by Crippen LogP contribution is -2.46. The number of rotatable bonds is 8. The highest BCUT2D eigenvalue weighted by Gasteiger charge is 2.31. The van der Waals surface area contributed by atoms with Crippen molar-refractivity contribution in [1.82, 2.24) is 19.8 Å². The van der Waals surface area contributed by atoms with E-state index in [2.05, 4.69) is 44.0 Å². The lowest BCUT2D eigenvalue weighted by Gasteiger charge is -2.38. The molecular weight excluding hydrogens is 412 g/mol. The van der Waals surface area contributed by atoms with Gasteiger partial charge >= 0.3 is 0 Å². The van der Waals surface area contributed by atoms with Crippen LogP contribution in [0.25, 0.3) is 0 Å². The summed E-state index contributed by atoms with van der Waals surface area (Å²) in [5.41, 5.74) is 3.94. The minimum Gasteiger partial charge on any atom is -0.376 e. The summed E-state index contributed by atoms with van der Waals surface area (Å²) in [6.45, 7) is 4.71. The minimum absolute atomic E-state index is 0.197. The van der Waals surface area contributed by atoms with Crippen LogP contribution in [0.1, 0.15) is 48.9 Å². The molecule has 1 aliphatic carbocycles. The highest BCUT2D eigenvalue weighted by molar-refractivity contribution is 5.76. The minimum atomic E-state index is 0.197. The van der Waals surface area contributed by atoms with Crippen LogP contribution in [-0.4, -0.2) is 70.6 Å². The first kappa shape index (κ1) is 22.5. The Kier molecular flexibility index (Phi) is 7.32. The molecular formula is C27H36N4O2. The zero-order valence-corrected chi connectivity index (χ0v) is 19.6. The van der Waals surface area contributed by atoms with Gasteiger partial charge in [-0.15, -0.1) is 0 Å². The van der Waals surface area contributed by atoms with E-state index in [0.29, 0.717) is 24.8 Å². The molecule has 0 spiro atoms. The summed E-state index contributed by atoms with van der Waals surface area (Å²) in [6.07, 6.45) is 13.4. The van der Waals surface area contributed by atoms with Crippen molar-refractivity contribution in [1.29, 1.82) is 0 Å². The number of aryl methyl sites for hydroxylation is 1. The predicted molar refractivity (Wildman–Crippen MR) is 128 cm³/mol. The zero-order valence-electron chi connectivity index (χ0n) is 19.6. The van der Waals surface area contributed by atoms with Crippen LogP contribution in [0.3, 0.4) is 0 Å². The first-order valence-corrected chi connectivity index (χ1v) is 12.7. The third-order valence-corrected chi connectivity index (χ3v) is 7.69. The summed E-state index contributed by atoms with van der Waals surface area (Å²) >= 11 is 0. The largest absolute Gasteiger partial charge is 0.376 e. The van der Waals surface area contributed by atoms with Crippen molar-refractivity contribution >= 4 is 5.91 Å². The molecule has 2 fully saturated rings. The Morgan fingerprint density at radius 2 is 1.85 bits per heavy atom.